The molecule has 1 amide bonds. The van der Waals surface area contributed by atoms with Crippen molar-refractivity contribution in [2.45, 2.75) is 26.7 Å². The summed E-state index contributed by atoms with van der Waals surface area (Å²) in [5.41, 5.74) is 6.84. The van der Waals surface area contributed by atoms with Crippen molar-refractivity contribution in [3.63, 3.8) is 0 Å². The second kappa shape index (κ2) is 8.10. The van der Waals surface area contributed by atoms with Gasteiger partial charge in [0.1, 0.15) is 5.65 Å². The number of amides is 1. The number of nitrogens with zero attached hydrogens (tertiary/aromatic N) is 2. The van der Waals surface area contributed by atoms with Crippen molar-refractivity contribution in [1.82, 2.24) is 9.38 Å². The standard InChI is InChI=1S/C24H22ClN3O/c1-16-6-8-18(9-7-16)24-21(28-14-4-3-5-22(28)27-24)12-13-23(29)26-20-11-10-19(25)15-17(20)2/h3-11,14-15H,12-13H2,1-2H3,(H,26,29). The molecule has 2 aromatic carbocycles. The van der Waals surface area contributed by atoms with E-state index >= 15 is 0 Å². The van der Waals surface area contributed by atoms with Gasteiger partial charge in [0.15, 0.2) is 0 Å². The van der Waals surface area contributed by atoms with Gasteiger partial charge in [-0.1, -0.05) is 47.5 Å². The second-order valence-electron chi connectivity index (χ2n) is 7.21. The molecule has 0 bridgehead atoms. The van der Waals surface area contributed by atoms with Crippen molar-refractivity contribution < 1.29 is 4.79 Å². The lowest BCUT2D eigenvalue weighted by atomic mass is 10.1. The first kappa shape index (κ1) is 19.2. The van der Waals surface area contributed by atoms with E-state index in [-0.39, 0.29) is 5.91 Å². The van der Waals surface area contributed by atoms with E-state index in [0.29, 0.717) is 17.9 Å². The molecule has 0 unspecified atom stereocenters. The number of anilines is 1. The van der Waals surface area contributed by atoms with E-state index in [1.807, 2.05) is 43.5 Å². The summed E-state index contributed by atoms with van der Waals surface area (Å²) in [4.78, 5) is 17.4. The zero-order valence-electron chi connectivity index (χ0n) is 16.4. The fourth-order valence-corrected chi connectivity index (χ4v) is 3.67. The van der Waals surface area contributed by atoms with E-state index in [1.165, 1.54) is 5.56 Å². The Kier molecular flexibility index (Phi) is 5.36. The number of aromatic nitrogens is 2. The van der Waals surface area contributed by atoms with Crippen LogP contribution in [0, 0.1) is 13.8 Å². The maximum atomic E-state index is 12.6. The van der Waals surface area contributed by atoms with E-state index in [9.17, 15) is 4.79 Å². The molecule has 0 spiro atoms. The van der Waals surface area contributed by atoms with Gasteiger partial charge in [-0.2, -0.15) is 0 Å². The average Bonchev–Trinajstić information content (AvgIpc) is 3.08. The maximum absolute atomic E-state index is 12.6. The quantitative estimate of drug-likeness (QED) is 0.454. The fraction of sp³-hybridized carbons (Fsp3) is 0.167. The zero-order valence-corrected chi connectivity index (χ0v) is 17.2. The summed E-state index contributed by atoms with van der Waals surface area (Å²) in [6.45, 7) is 4.00. The first-order valence-corrected chi connectivity index (χ1v) is 9.98. The van der Waals surface area contributed by atoms with Gasteiger partial charge in [0.2, 0.25) is 5.91 Å². The van der Waals surface area contributed by atoms with Crippen molar-refractivity contribution >= 4 is 28.8 Å². The monoisotopic (exact) mass is 403 g/mol. The van der Waals surface area contributed by atoms with E-state index in [2.05, 4.69) is 40.9 Å². The smallest absolute Gasteiger partial charge is 0.224 e. The number of hydrogen-bond acceptors (Lipinski definition) is 2. The highest BCUT2D eigenvalue weighted by atomic mass is 35.5. The van der Waals surface area contributed by atoms with Crippen LogP contribution in [0.4, 0.5) is 5.69 Å². The van der Waals surface area contributed by atoms with Gasteiger partial charge in [-0.15, -0.1) is 0 Å². The van der Waals surface area contributed by atoms with Gasteiger partial charge in [-0.3, -0.25) is 4.79 Å². The van der Waals surface area contributed by atoms with Crippen molar-refractivity contribution in [3.05, 3.63) is 88.7 Å². The molecule has 4 aromatic rings. The van der Waals surface area contributed by atoms with E-state index in [1.54, 1.807) is 6.07 Å². The van der Waals surface area contributed by atoms with Gasteiger partial charge in [-0.25, -0.2) is 4.98 Å². The van der Waals surface area contributed by atoms with Gasteiger partial charge >= 0.3 is 0 Å². The summed E-state index contributed by atoms with van der Waals surface area (Å²) in [6, 6.07) is 19.7. The second-order valence-corrected chi connectivity index (χ2v) is 7.65. The lowest BCUT2D eigenvalue weighted by Gasteiger charge is -2.10. The largest absolute Gasteiger partial charge is 0.326 e. The van der Waals surface area contributed by atoms with Gasteiger partial charge in [0.05, 0.1) is 11.4 Å². The number of imidazole rings is 1. The molecule has 0 saturated heterocycles. The Hall–Kier alpha value is -3.11. The highest BCUT2D eigenvalue weighted by molar-refractivity contribution is 6.30. The average molecular weight is 404 g/mol. The highest BCUT2D eigenvalue weighted by Crippen LogP contribution is 2.26. The van der Waals surface area contributed by atoms with Crippen molar-refractivity contribution in [2.24, 2.45) is 0 Å². The van der Waals surface area contributed by atoms with Crippen LogP contribution in [0.3, 0.4) is 0 Å². The Morgan fingerprint density at radius 3 is 2.62 bits per heavy atom. The third-order valence-corrected chi connectivity index (χ3v) is 5.24. The Morgan fingerprint density at radius 2 is 1.86 bits per heavy atom. The molecule has 2 heterocycles. The Morgan fingerprint density at radius 1 is 1.07 bits per heavy atom. The molecule has 0 saturated carbocycles. The van der Waals surface area contributed by atoms with Crippen LogP contribution in [-0.2, 0) is 11.2 Å². The minimum atomic E-state index is -0.0313. The number of benzene rings is 2. The number of halogens is 1. The van der Waals surface area contributed by atoms with Crippen LogP contribution in [0.5, 0.6) is 0 Å². The molecule has 29 heavy (non-hydrogen) atoms. The molecule has 0 aliphatic rings. The Labute approximate surface area is 175 Å². The number of pyridine rings is 1. The molecule has 4 rings (SSSR count). The summed E-state index contributed by atoms with van der Waals surface area (Å²) in [7, 11) is 0. The predicted molar refractivity (Wildman–Crippen MR) is 119 cm³/mol. The lowest BCUT2D eigenvalue weighted by molar-refractivity contribution is -0.116. The number of nitrogens with one attached hydrogen (secondary N) is 1. The Balaban J connectivity index is 1.59. The first-order chi connectivity index (χ1) is 14.0. The summed E-state index contributed by atoms with van der Waals surface area (Å²) in [6.07, 6.45) is 2.95. The molecule has 0 atom stereocenters. The number of carbonyl (C=O) groups is 1. The molecule has 0 aliphatic carbocycles. The molecular weight excluding hydrogens is 382 g/mol. The third kappa shape index (κ3) is 4.17. The summed E-state index contributed by atoms with van der Waals surface area (Å²) in [5.74, 6) is -0.0313. The minimum Gasteiger partial charge on any atom is -0.326 e. The van der Waals surface area contributed by atoms with Crippen LogP contribution in [-0.4, -0.2) is 15.3 Å². The number of rotatable bonds is 5. The minimum absolute atomic E-state index is 0.0313. The van der Waals surface area contributed by atoms with Crippen LogP contribution in [0.1, 0.15) is 23.2 Å². The molecule has 0 fully saturated rings. The predicted octanol–water partition coefficient (Wildman–Crippen LogP) is 5.84. The zero-order chi connectivity index (χ0) is 20.4. The van der Waals surface area contributed by atoms with Crippen LogP contribution in [0.15, 0.2) is 66.9 Å². The summed E-state index contributed by atoms with van der Waals surface area (Å²) >= 11 is 6.00. The molecule has 0 radical (unpaired) electrons. The van der Waals surface area contributed by atoms with Gasteiger partial charge in [0.25, 0.3) is 0 Å². The van der Waals surface area contributed by atoms with Gasteiger partial charge < -0.3 is 9.72 Å². The van der Waals surface area contributed by atoms with Gasteiger partial charge in [-0.05, 0) is 56.2 Å². The fourth-order valence-electron chi connectivity index (χ4n) is 3.44. The molecule has 0 aliphatic heterocycles. The first-order valence-electron chi connectivity index (χ1n) is 9.60. The summed E-state index contributed by atoms with van der Waals surface area (Å²) in [5, 5.41) is 3.65. The van der Waals surface area contributed by atoms with E-state index in [4.69, 9.17) is 16.6 Å². The topological polar surface area (TPSA) is 46.4 Å². The van der Waals surface area contributed by atoms with E-state index in [0.717, 1.165) is 33.8 Å². The van der Waals surface area contributed by atoms with Crippen LogP contribution >= 0.6 is 11.6 Å². The molecule has 5 heteroatoms. The third-order valence-electron chi connectivity index (χ3n) is 5.01. The molecule has 146 valence electrons. The van der Waals surface area contributed by atoms with Crippen LogP contribution in [0.2, 0.25) is 5.02 Å². The van der Waals surface area contributed by atoms with Crippen LogP contribution in [0.25, 0.3) is 16.9 Å². The SMILES string of the molecule is Cc1ccc(-c2nc3ccccn3c2CCC(=O)Nc2ccc(Cl)cc2C)cc1. The molecular formula is C24H22ClN3O. The summed E-state index contributed by atoms with van der Waals surface area (Å²) < 4.78 is 2.07. The highest BCUT2D eigenvalue weighted by Gasteiger charge is 2.15. The van der Waals surface area contributed by atoms with E-state index < -0.39 is 0 Å². The number of carbonyl (C=O) groups excluding carboxylic acids is 1. The molecule has 1 N–H and O–H groups in total. The molecule has 2 aromatic heterocycles. The molecule has 4 nitrogen and oxygen atoms in total. The van der Waals surface area contributed by atoms with Crippen molar-refractivity contribution in [3.8, 4) is 11.3 Å². The van der Waals surface area contributed by atoms with Crippen LogP contribution < -0.4 is 5.32 Å². The number of hydrogen-bond donors (Lipinski definition) is 1. The Bertz CT molecular complexity index is 1180. The lowest BCUT2D eigenvalue weighted by Crippen LogP contribution is -2.14. The number of fused-ring (bicyclic) bond motifs is 1. The van der Waals surface area contributed by atoms with Crippen molar-refractivity contribution in [2.75, 3.05) is 5.32 Å². The normalized spacial score (nSPS) is 11.0. The number of aryl methyl sites for hydroxylation is 3. The maximum Gasteiger partial charge on any atom is 0.224 e. The van der Waals surface area contributed by atoms with Crippen molar-refractivity contribution in [1.29, 1.82) is 0 Å². The van der Waals surface area contributed by atoms with Gasteiger partial charge in [0, 0.05) is 28.9 Å².